The predicted octanol–water partition coefficient (Wildman–Crippen LogP) is 1.74. The van der Waals surface area contributed by atoms with Crippen LogP contribution in [0.4, 0.5) is 5.69 Å². The number of aromatic nitrogens is 1. The van der Waals surface area contributed by atoms with E-state index in [-0.39, 0.29) is 22.7 Å². The first-order valence-corrected chi connectivity index (χ1v) is 5.36. The number of hydrogen-bond acceptors (Lipinski definition) is 4. The number of nitrogens with zero attached hydrogens (tertiary/aromatic N) is 1. The Bertz CT molecular complexity index is 626. The molecule has 1 aromatic carbocycles. The number of aromatic hydroxyl groups is 1. The Morgan fingerprint density at radius 1 is 1.16 bits per heavy atom. The average molecular weight is 258 g/mol. The Labute approximate surface area is 108 Å². The third kappa shape index (κ3) is 2.86. The Morgan fingerprint density at radius 2 is 1.95 bits per heavy atom. The number of carboxylic acids is 1. The lowest BCUT2D eigenvalue weighted by Gasteiger charge is -2.06. The molecule has 96 valence electrons. The summed E-state index contributed by atoms with van der Waals surface area (Å²) in [6, 6.07) is 8.67. The van der Waals surface area contributed by atoms with Crippen molar-refractivity contribution in [3.8, 4) is 5.75 Å². The molecule has 0 saturated carbocycles. The van der Waals surface area contributed by atoms with Crippen LogP contribution in [0, 0.1) is 0 Å². The van der Waals surface area contributed by atoms with Crippen LogP contribution in [-0.2, 0) is 0 Å². The van der Waals surface area contributed by atoms with Crippen LogP contribution in [0.3, 0.4) is 0 Å². The van der Waals surface area contributed by atoms with Gasteiger partial charge in [0.2, 0.25) is 0 Å². The third-order valence-corrected chi connectivity index (χ3v) is 2.38. The van der Waals surface area contributed by atoms with E-state index >= 15 is 0 Å². The molecule has 3 N–H and O–H groups in total. The minimum atomic E-state index is -1.27. The van der Waals surface area contributed by atoms with Gasteiger partial charge in [-0.1, -0.05) is 6.07 Å². The Morgan fingerprint density at radius 3 is 2.58 bits per heavy atom. The number of aromatic carboxylic acids is 1. The van der Waals surface area contributed by atoms with Crippen molar-refractivity contribution in [2.24, 2.45) is 0 Å². The quantitative estimate of drug-likeness (QED) is 0.728. The van der Waals surface area contributed by atoms with Gasteiger partial charge in [0, 0.05) is 11.9 Å². The predicted molar refractivity (Wildman–Crippen MR) is 67.3 cm³/mol. The van der Waals surface area contributed by atoms with Crippen molar-refractivity contribution in [2.45, 2.75) is 0 Å². The normalized spacial score (nSPS) is 9.89. The molecule has 0 aliphatic heterocycles. The number of hydrogen-bond donors (Lipinski definition) is 3. The summed E-state index contributed by atoms with van der Waals surface area (Å²) in [5.41, 5.74) is 0.206. The molecule has 0 saturated heterocycles. The van der Waals surface area contributed by atoms with E-state index in [9.17, 15) is 14.7 Å². The first-order chi connectivity index (χ1) is 9.08. The van der Waals surface area contributed by atoms with Crippen LogP contribution in [0.15, 0.2) is 42.6 Å². The summed E-state index contributed by atoms with van der Waals surface area (Å²) in [6.45, 7) is 0. The van der Waals surface area contributed by atoms with Crippen LogP contribution in [-0.4, -0.2) is 27.1 Å². The molecule has 2 rings (SSSR count). The highest BCUT2D eigenvalue weighted by molar-refractivity contribution is 6.03. The van der Waals surface area contributed by atoms with Gasteiger partial charge in [0.15, 0.2) is 0 Å². The van der Waals surface area contributed by atoms with E-state index < -0.39 is 11.9 Å². The van der Waals surface area contributed by atoms with Crippen molar-refractivity contribution in [2.75, 3.05) is 5.32 Å². The Balaban J connectivity index is 2.23. The first kappa shape index (κ1) is 12.6. The van der Waals surface area contributed by atoms with E-state index in [0.29, 0.717) is 0 Å². The number of amides is 1. The van der Waals surface area contributed by atoms with Crippen molar-refractivity contribution < 1.29 is 19.8 Å². The number of carboxylic acid groups (broad SMARTS) is 1. The van der Waals surface area contributed by atoms with Crippen LogP contribution in [0.2, 0.25) is 0 Å². The van der Waals surface area contributed by atoms with Crippen molar-refractivity contribution in [3.63, 3.8) is 0 Å². The van der Waals surface area contributed by atoms with Gasteiger partial charge in [0.1, 0.15) is 17.0 Å². The zero-order chi connectivity index (χ0) is 13.8. The summed E-state index contributed by atoms with van der Waals surface area (Å²) >= 11 is 0. The van der Waals surface area contributed by atoms with Crippen molar-refractivity contribution in [1.29, 1.82) is 0 Å². The molecule has 6 nitrogen and oxygen atoms in total. The first-order valence-electron chi connectivity index (χ1n) is 5.36. The molecule has 0 spiro atoms. The number of nitrogens with one attached hydrogen (secondary N) is 1. The number of rotatable bonds is 3. The third-order valence-electron chi connectivity index (χ3n) is 2.38. The molecule has 0 radical (unpaired) electrons. The number of pyridine rings is 1. The molecular weight excluding hydrogens is 248 g/mol. The average Bonchev–Trinajstić information content (AvgIpc) is 2.41. The van der Waals surface area contributed by atoms with Gasteiger partial charge in [-0.2, -0.15) is 0 Å². The maximum Gasteiger partial charge on any atom is 0.339 e. The van der Waals surface area contributed by atoms with Crippen molar-refractivity contribution in [1.82, 2.24) is 4.98 Å². The minimum absolute atomic E-state index is 0.215. The molecule has 1 aromatic heterocycles. The van der Waals surface area contributed by atoms with Gasteiger partial charge in [-0.3, -0.25) is 9.78 Å². The molecule has 19 heavy (non-hydrogen) atoms. The minimum Gasteiger partial charge on any atom is -0.507 e. The highest BCUT2D eigenvalue weighted by atomic mass is 16.4. The topological polar surface area (TPSA) is 99.5 Å². The molecular formula is C13H10N2O4. The molecule has 2 aromatic rings. The maximum atomic E-state index is 11.8. The largest absolute Gasteiger partial charge is 0.507 e. The summed E-state index contributed by atoms with van der Waals surface area (Å²) in [5, 5.41) is 20.7. The fraction of sp³-hybridized carbons (Fsp3) is 0. The molecule has 0 atom stereocenters. The molecule has 1 amide bonds. The van der Waals surface area contributed by atoms with Gasteiger partial charge in [0.25, 0.3) is 5.91 Å². The van der Waals surface area contributed by atoms with Gasteiger partial charge < -0.3 is 15.5 Å². The molecule has 0 unspecified atom stereocenters. The van der Waals surface area contributed by atoms with Crippen LogP contribution in [0.25, 0.3) is 0 Å². The standard InChI is InChI=1S/C13H10N2O4/c16-11-5-4-8(7-9(11)13(18)19)15-12(17)10-3-1-2-6-14-10/h1-7,16H,(H,15,17)(H,18,19). The lowest BCUT2D eigenvalue weighted by atomic mass is 10.1. The lowest BCUT2D eigenvalue weighted by Crippen LogP contribution is -2.13. The van der Waals surface area contributed by atoms with E-state index in [2.05, 4.69) is 10.3 Å². The van der Waals surface area contributed by atoms with E-state index in [1.807, 2.05) is 0 Å². The zero-order valence-corrected chi connectivity index (χ0v) is 9.70. The second-order valence-corrected chi connectivity index (χ2v) is 3.71. The van der Waals surface area contributed by atoms with Crippen LogP contribution >= 0.6 is 0 Å². The van der Waals surface area contributed by atoms with Crippen molar-refractivity contribution >= 4 is 17.6 Å². The number of phenols is 1. The smallest absolute Gasteiger partial charge is 0.339 e. The maximum absolute atomic E-state index is 11.8. The molecule has 1 heterocycles. The fourth-order valence-corrected chi connectivity index (χ4v) is 1.48. The lowest BCUT2D eigenvalue weighted by molar-refractivity contribution is 0.0693. The molecule has 0 fully saturated rings. The summed E-state index contributed by atoms with van der Waals surface area (Å²) < 4.78 is 0. The SMILES string of the molecule is O=C(Nc1ccc(O)c(C(=O)O)c1)c1ccccn1. The Kier molecular flexibility index (Phi) is 3.42. The fourth-order valence-electron chi connectivity index (χ4n) is 1.48. The molecule has 0 aliphatic carbocycles. The zero-order valence-electron chi connectivity index (χ0n) is 9.70. The van der Waals surface area contributed by atoms with Gasteiger partial charge in [-0.25, -0.2) is 4.79 Å². The van der Waals surface area contributed by atoms with Crippen LogP contribution < -0.4 is 5.32 Å². The molecule has 0 aliphatic rings. The summed E-state index contributed by atoms with van der Waals surface area (Å²) in [6.07, 6.45) is 1.48. The van der Waals surface area contributed by atoms with Crippen LogP contribution in [0.1, 0.15) is 20.8 Å². The molecule has 0 bridgehead atoms. The summed E-state index contributed by atoms with van der Waals surface area (Å²) in [7, 11) is 0. The second kappa shape index (κ2) is 5.18. The van der Waals surface area contributed by atoms with Crippen LogP contribution in [0.5, 0.6) is 5.75 Å². The van der Waals surface area contributed by atoms with Crippen molar-refractivity contribution in [3.05, 3.63) is 53.9 Å². The van der Waals surface area contributed by atoms with E-state index in [0.717, 1.165) is 0 Å². The number of anilines is 1. The number of benzene rings is 1. The van der Waals surface area contributed by atoms with Gasteiger partial charge in [0.05, 0.1) is 0 Å². The second-order valence-electron chi connectivity index (χ2n) is 3.71. The van der Waals surface area contributed by atoms with E-state index in [1.165, 1.54) is 30.5 Å². The number of carbonyl (C=O) groups excluding carboxylic acids is 1. The highest BCUT2D eigenvalue weighted by Crippen LogP contribution is 2.21. The monoisotopic (exact) mass is 258 g/mol. The molecule has 6 heteroatoms. The summed E-state index contributed by atoms with van der Waals surface area (Å²) in [5.74, 6) is -2.09. The van der Waals surface area contributed by atoms with E-state index in [4.69, 9.17) is 5.11 Å². The van der Waals surface area contributed by atoms with Gasteiger partial charge in [-0.15, -0.1) is 0 Å². The van der Waals surface area contributed by atoms with Gasteiger partial charge >= 0.3 is 5.97 Å². The highest BCUT2D eigenvalue weighted by Gasteiger charge is 2.12. The van der Waals surface area contributed by atoms with E-state index in [1.54, 1.807) is 12.1 Å². The van der Waals surface area contributed by atoms with Gasteiger partial charge in [-0.05, 0) is 30.3 Å². The summed E-state index contributed by atoms with van der Waals surface area (Å²) in [4.78, 5) is 26.5. The number of carbonyl (C=O) groups is 2. The Hall–Kier alpha value is -2.89.